The Morgan fingerprint density at radius 1 is 0.929 bits per heavy atom. The van der Waals surface area contributed by atoms with Crippen LogP contribution in [0.25, 0.3) is 5.82 Å². The Bertz CT molecular complexity index is 1070. The molecule has 146 valence electrons. The van der Waals surface area contributed by atoms with E-state index in [1.165, 1.54) is 0 Å². The maximum atomic E-state index is 13.9. The quantitative estimate of drug-likeness (QED) is 0.652. The minimum absolute atomic E-state index is 0.128. The molecule has 4 rings (SSSR count). The number of benzene rings is 1. The molecule has 0 spiro atoms. The third kappa shape index (κ3) is 3.45. The number of rotatable bonds is 4. The number of sulfonamides is 1. The highest BCUT2D eigenvalue weighted by Crippen LogP contribution is 2.23. The van der Waals surface area contributed by atoms with Crippen LogP contribution >= 0.6 is 0 Å². The summed E-state index contributed by atoms with van der Waals surface area (Å²) in [5.74, 6) is -0.543. The number of hydrogen-bond donors (Lipinski definition) is 0. The molecule has 1 saturated heterocycles. The molecule has 1 aliphatic heterocycles. The zero-order chi connectivity index (χ0) is 19.7. The van der Waals surface area contributed by atoms with Crippen LogP contribution in [-0.4, -0.2) is 58.7 Å². The van der Waals surface area contributed by atoms with Gasteiger partial charge < -0.3 is 4.90 Å². The SMILES string of the molecule is O=S(=O)(c1cc(F)ccc1F)N1CCN(c2ccc(-n3ccnc3)nn2)CC1. The number of aromatic nitrogens is 4. The van der Waals surface area contributed by atoms with E-state index in [4.69, 9.17) is 0 Å². The Hall–Kier alpha value is -2.92. The lowest BCUT2D eigenvalue weighted by atomic mass is 10.3. The van der Waals surface area contributed by atoms with Crippen molar-refractivity contribution in [1.29, 1.82) is 0 Å². The molecular weight excluding hydrogens is 390 g/mol. The molecule has 8 nitrogen and oxygen atoms in total. The standard InChI is InChI=1S/C17H16F2N6O2S/c18-13-1-2-14(19)15(11-13)28(26,27)25-9-7-23(8-10-25)16-3-4-17(22-21-16)24-6-5-20-12-24/h1-6,11-12H,7-10H2. The van der Waals surface area contributed by atoms with Crippen LogP contribution in [0.3, 0.4) is 0 Å². The van der Waals surface area contributed by atoms with Crippen LogP contribution in [0.1, 0.15) is 0 Å². The van der Waals surface area contributed by atoms with Gasteiger partial charge in [-0.2, -0.15) is 4.31 Å². The summed E-state index contributed by atoms with van der Waals surface area (Å²) in [4.78, 5) is 5.19. The van der Waals surface area contributed by atoms with Crippen molar-refractivity contribution in [2.45, 2.75) is 4.90 Å². The van der Waals surface area contributed by atoms with Crippen molar-refractivity contribution >= 4 is 15.8 Å². The summed E-state index contributed by atoms with van der Waals surface area (Å²) in [6, 6.07) is 5.99. The van der Waals surface area contributed by atoms with E-state index < -0.39 is 26.6 Å². The maximum Gasteiger partial charge on any atom is 0.246 e. The first-order valence-electron chi connectivity index (χ1n) is 8.47. The van der Waals surface area contributed by atoms with Crippen molar-refractivity contribution in [3.8, 4) is 5.82 Å². The summed E-state index contributed by atoms with van der Waals surface area (Å²) in [7, 11) is -4.11. The van der Waals surface area contributed by atoms with Crippen LogP contribution in [0.15, 0.2) is 53.9 Å². The summed E-state index contributed by atoms with van der Waals surface area (Å²) in [5, 5.41) is 8.32. The van der Waals surface area contributed by atoms with Crippen LogP contribution in [0.4, 0.5) is 14.6 Å². The molecule has 0 N–H and O–H groups in total. The Labute approximate surface area is 160 Å². The predicted octanol–water partition coefficient (Wildman–Crippen LogP) is 1.45. The highest BCUT2D eigenvalue weighted by molar-refractivity contribution is 7.89. The normalized spacial score (nSPS) is 15.7. The average Bonchev–Trinajstić information content (AvgIpc) is 3.25. The Kier molecular flexibility index (Phi) is 4.77. The second-order valence-corrected chi connectivity index (χ2v) is 8.09. The number of halogens is 2. The highest BCUT2D eigenvalue weighted by atomic mass is 32.2. The molecule has 2 aromatic heterocycles. The fourth-order valence-corrected chi connectivity index (χ4v) is 4.49. The van der Waals surface area contributed by atoms with Crippen molar-refractivity contribution in [3.63, 3.8) is 0 Å². The predicted molar refractivity (Wildman–Crippen MR) is 96.5 cm³/mol. The van der Waals surface area contributed by atoms with Gasteiger partial charge >= 0.3 is 0 Å². The molecule has 0 bridgehead atoms. The first kappa shape index (κ1) is 18.4. The summed E-state index contributed by atoms with van der Waals surface area (Å²) in [5.41, 5.74) is 0. The molecule has 0 aliphatic carbocycles. The second-order valence-electron chi connectivity index (χ2n) is 6.19. The van der Waals surface area contributed by atoms with Gasteiger partial charge in [0.1, 0.15) is 22.9 Å². The summed E-state index contributed by atoms with van der Waals surface area (Å²) in [6.07, 6.45) is 4.99. The summed E-state index contributed by atoms with van der Waals surface area (Å²) >= 11 is 0. The zero-order valence-electron chi connectivity index (χ0n) is 14.6. The van der Waals surface area contributed by atoms with Gasteiger partial charge in [-0.1, -0.05) is 0 Å². The minimum atomic E-state index is -4.11. The first-order valence-corrected chi connectivity index (χ1v) is 9.91. The van der Waals surface area contributed by atoms with Crippen LogP contribution in [0.2, 0.25) is 0 Å². The van der Waals surface area contributed by atoms with E-state index in [0.717, 1.165) is 16.4 Å². The molecule has 28 heavy (non-hydrogen) atoms. The van der Waals surface area contributed by atoms with Gasteiger partial charge in [0.2, 0.25) is 10.0 Å². The maximum absolute atomic E-state index is 13.9. The molecule has 11 heteroatoms. The fourth-order valence-electron chi connectivity index (χ4n) is 2.99. The van der Waals surface area contributed by atoms with E-state index in [1.807, 2.05) is 4.90 Å². The molecule has 1 fully saturated rings. The van der Waals surface area contributed by atoms with E-state index >= 15 is 0 Å². The summed E-state index contributed by atoms with van der Waals surface area (Å²) in [6.45, 7) is 0.969. The Balaban J connectivity index is 1.46. The topological polar surface area (TPSA) is 84.2 Å². The molecule has 0 amide bonds. The average molecular weight is 406 g/mol. The van der Waals surface area contributed by atoms with Gasteiger partial charge in [0, 0.05) is 38.6 Å². The van der Waals surface area contributed by atoms with Crippen molar-refractivity contribution in [2.24, 2.45) is 0 Å². The van der Waals surface area contributed by atoms with E-state index in [2.05, 4.69) is 15.2 Å². The lowest BCUT2D eigenvalue weighted by molar-refractivity contribution is 0.380. The fraction of sp³-hybridized carbons (Fsp3) is 0.235. The van der Waals surface area contributed by atoms with Gasteiger partial charge in [-0.05, 0) is 30.3 Å². The van der Waals surface area contributed by atoms with E-state index in [9.17, 15) is 17.2 Å². The molecule has 1 aliphatic rings. The van der Waals surface area contributed by atoms with Crippen molar-refractivity contribution in [3.05, 3.63) is 60.7 Å². The van der Waals surface area contributed by atoms with Crippen LogP contribution in [-0.2, 0) is 10.0 Å². The summed E-state index contributed by atoms with van der Waals surface area (Å²) < 4.78 is 55.4. The van der Waals surface area contributed by atoms with Crippen molar-refractivity contribution in [1.82, 2.24) is 24.1 Å². The van der Waals surface area contributed by atoms with Crippen molar-refractivity contribution < 1.29 is 17.2 Å². The van der Waals surface area contributed by atoms with E-state index in [0.29, 0.717) is 30.8 Å². The Morgan fingerprint density at radius 3 is 2.29 bits per heavy atom. The Morgan fingerprint density at radius 2 is 1.64 bits per heavy atom. The van der Waals surface area contributed by atoms with Crippen LogP contribution in [0, 0.1) is 11.6 Å². The molecule has 0 unspecified atom stereocenters. The number of anilines is 1. The van der Waals surface area contributed by atoms with Gasteiger partial charge in [0.15, 0.2) is 11.6 Å². The molecule has 1 aromatic carbocycles. The van der Waals surface area contributed by atoms with Crippen LogP contribution < -0.4 is 4.90 Å². The molecule has 3 heterocycles. The van der Waals surface area contributed by atoms with Crippen molar-refractivity contribution in [2.75, 3.05) is 31.1 Å². The largest absolute Gasteiger partial charge is 0.352 e. The van der Waals surface area contributed by atoms with Gasteiger partial charge in [0.25, 0.3) is 0 Å². The second kappa shape index (κ2) is 7.24. The molecular formula is C17H16F2N6O2S. The lowest BCUT2D eigenvalue weighted by Gasteiger charge is -2.34. The van der Waals surface area contributed by atoms with Gasteiger partial charge in [-0.3, -0.25) is 4.57 Å². The van der Waals surface area contributed by atoms with E-state index in [-0.39, 0.29) is 13.1 Å². The highest BCUT2D eigenvalue weighted by Gasteiger charge is 2.31. The molecule has 0 radical (unpaired) electrons. The van der Waals surface area contributed by atoms with Crippen LogP contribution in [0.5, 0.6) is 0 Å². The molecule has 0 saturated carbocycles. The minimum Gasteiger partial charge on any atom is -0.352 e. The third-order valence-electron chi connectivity index (χ3n) is 4.48. The number of imidazole rings is 1. The lowest BCUT2D eigenvalue weighted by Crippen LogP contribution is -2.49. The monoisotopic (exact) mass is 406 g/mol. The van der Waals surface area contributed by atoms with Gasteiger partial charge in [0.05, 0.1) is 0 Å². The third-order valence-corrected chi connectivity index (χ3v) is 6.39. The first-order chi connectivity index (χ1) is 13.4. The van der Waals surface area contributed by atoms with Gasteiger partial charge in [-0.25, -0.2) is 22.2 Å². The number of hydrogen-bond acceptors (Lipinski definition) is 6. The van der Waals surface area contributed by atoms with Gasteiger partial charge in [-0.15, -0.1) is 10.2 Å². The smallest absolute Gasteiger partial charge is 0.246 e. The van der Waals surface area contributed by atoms with E-state index in [1.54, 1.807) is 35.4 Å². The number of nitrogens with zero attached hydrogens (tertiary/aromatic N) is 6. The zero-order valence-corrected chi connectivity index (χ0v) is 15.4. The number of piperazine rings is 1. The molecule has 3 aromatic rings. The molecule has 0 atom stereocenters.